The lowest BCUT2D eigenvalue weighted by atomic mass is 9.80. The number of imidazole rings is 1. The number of amides is 1. The lowest BCUT2D eigenvalue weighted by molar-refractivity contribution is -0.0948. The molecule has 1 aliphatic heterocycles. The number of benzene rings is 4. The van der Waals surface area contributed by atoms with Crippen molar-refractivity contribution in [1.29, 1.82) is 0 Å². The number of carbonyl (C=O) groups is 1. The average Bonchev–Trinajstić information content (AvgIpc) is 3.80. The molecule has 1 fully saturated rings. The molecule has 272 valence electrons. The number of methoxy groups -OCH3 is 3. The van der Waals surface area contributed by atoms with Gasteiger partial charge >= 0.3 is 0 Å². The molecule has 1 amide bonds. The number of hydrogen-bond acceptors (Lipinski definition) is 10. The molecule has 4 atom stereocenters. The molecule has 1 aliphatic rings. The van der Waals surface area contributed by atoms with Gasteiger partial charge in [0.25, 0.3) is 5.91 Å². The van der Waals surface area contributed by atoms with E-state index in [4.69, 9.17) is 23.7 Å². The molecular weight excluding hydrogens is 674 g/mol. The van der Waals surface area contributed by atoms with E-state index in [2.05, 4.69) is 15.0 Å². The molecule has 4 aromatic carbocycles. The number of fused-ring (bicyclic) bond motifs is 1. The molecule has 0 saturated carbocycles. The Bertz CT molecular complexity index is 2080. The van der Waals surface area contributed by atoms with Crippen molar-refractivity contribution in [3.05, 3.63) is 144 Å². The topological polar surface area (TPSA) is 130 Å². The minimum Gasteiger partial charge on any atom is -0.497 e. The number of aromatic nitrogens is 4. The highest BCUT2D eigenvalue weighted by molar-refractivity contribution is 6.08. The Morgan fingerprint density at radius 1 is 0.811 bits per heavy atom. The summed E-state index contributed by atoms with van der Waals surface area (Å²) < 4.78 is 32.2. The van der Waals surface area contributed by atoms with Crippen LogP contribution in [0.3, 0.4) is 0 Å². The maximum Gasteiger partial charge on any atom is 0.259 e. The summed E-state index contributed by atoms with van der Waals surface area (Å²) in [7, 11) is 4.77. The first kappa shape index (κ1) is 35.7. The zero-order chi connectivity index (χ0) is 37.0. The van der Waals surface area contributed by atoms with Crippen molar-refractivity contribution in [1.82, 2.24) is 19.5 Å². The van der Waals surface area contributed by atoms with E-state index < -0.39 is 30.1 Å². The fourth-order valence-corrected chi connectivity index (χ4v) is 6.97. The van der Waals surface area contributed by atoms with Crippen LogP contribution < -0.4 is 14.4 Å². The molecule has 12 nitrogen and oxygen atoms in total. The van der Waals surface area contributed by atoms with Gasteiger partial charge in [0.05, 0.1) is 27.2 Å². The Hall–Kier alpha value is -5.66. The van der Waals surface area contributed by atoms with Gasteiger partial charge in [0.1, 0.15) is 41.7 Å². The third-order valence-corrected chi connectivity index (χ3v) is 9.67. The summed E-state index contributed by atoms with van der Waals surface area (Å²) in [5, 5.41) is 11.7. The zero-order valence-corrected chi connectivity index (χ0v) is 29.9. The van der Waals surface area contributed by atoms with Crippen molar-refractivity contribution in [3.63, 3.8) is 0 Å². The third-order valence-electron chi connectivity index (χ3n) is 9.67. The first-order valence-electron chi connectivity index (χ1n) is 17.3. The Morgan fingerprint density at radius 2 is 1.40 bits per heavy atom. The van der Waals surface area contributed by atoms with Gasteiger partial charge in [-0.15, -0.1) is 0 Å². The Balaban J connectivity index is 1.23. The SMILES string of the molecule is CCN(C(=O)c1ccccc1)c1ncnc2c1ncn2[C@@H]1O[C@H](COC(c2ccccc2)(c2ccc(OC)cc2)c2ccc(OC)cc2)[C@@H](O)[C@H]1OC. The second-order valence-electron chi connectivity index (χ2n) is 12.5. The van der Waals surface area contributed by atoms with E-state index in [1.165, 1.54) is 13.4 Å². The van der Waals surface area contributed by atoms with Gasteiger partial charge in [-0.2, -0.15) is 0 Å². The van der Waals surface area contributed by atoms with E-state index in [1.54, 1.807) is 42.1 Å². The summed E-state index contributed by atoms with van der Waals surface area (Å²) in [6, 6.07) is 34.4. The van der Waals surface area contributed by atoms with Crippen molar-refractivity contribution in [2.24, 2.45) is 0 Å². The van der Waals surface area contributed by atoms with E-state index in [9.17, 15) is 9.90 Å². The van der Waals surface area contributed by atoms with Crippen molar-refractivity contribution in [2.45, 2.75) is 37.1 Å². The van der Waals surface area contributed by atoms with Crippen LogP contribution in [0.4, 0.5) is 5.82 Å². The number of ether oxygens (including phenoxy) is 5. The van der Waals surface area contributed by atoms with Crippen LogP contribution in [-0.2, 0) is 19.8 Å². The quantitative estimate of drug-likeness (QED) is 0.147. The monoisotopic (exact) mass is 715 g/mol. The van der Waals surface area contributed by atoms with E-state index in [0.29, 0.717) is 40.6 Å². The van der Waals surface area contributed by atoms with Crippen LogP contribution >= 0.6 is 0 Å². The largest absolute Gasteiger partial charge is 0.497 e. The molecule has 0 radical (unpaired) electrons. The van der Waals surface area contributed by atoms with E-state index in [1.807, 2.05) is 104 Å². The Labute approximate surface area is 307 Å². The van der Waals surface area contributed by atoms with E-state index in [-0.39, 0.29) is 12.5 Å². The standard InChI is InChI=1S/C41H41N5O7/c1-5-45(39(48)27-12-8-6-9-13-27)37-34-38(43-25-42-37)46(26-44-34)40-36(51-4)35(47)33(53-40)24-52-41(28-14-10-7-11-15-28,29-16-20-31(49-2)21-17-29)30-18-22-32(50-3)23-19-30/h6-23,25-26,33,35-36,40,47H,5,24H2,1-4H3/t33-,35-,36-,40-/m1/s1. The zero-order valence-electron chi connectivity index (χ0n) is 29.9. The van der Waals surface area contributed by atoms with Crippen LogP contribution in [0.25, 0.3) is 11.2 Å². The first-order chi connectivity index (χ1) is 25.9. The van der Waals surface area contributed by atoms with Crippen molar-refractivity contribution >= 4 is 22.9 Å². The second kappa shape index (κ2) is 15.5. The van der Waals surface area contributed by atoms with Gasteiger partial charge in [-0.1, -0.05) is 72.8 Å². The molecule has 1 saturated heterocycles. The number of anilines is 1. The smallest absolute Gasteiger partial charge is 0.259 e. The van der Waals surface area contributed by atoms with Crippen molar-refractivity contribution < 1.29 is 33.6 Å². The van der Waals surface area contributed by atoms with Gasteiger partial charge in [0, 0.05) is 19.2 Å². The molecule has 0 aliphatic carbocycles. The molecule has 6 aromatic rings. The number of nitrogens with zero attached hydrogens (tertiary/aromatic N) is 5. The van der Waals surface area contributed by atoms with Crippen LogP contribution in [0.15, 0.2) is 122 Å². The summed E-state index contributed by atoms with van der Waals surface area (Å²) in [5.74, 6) is 1.57. The summed E-state index contributed by atoms with van der Waals surface area (Å²) in [5.41, 5.74) is 2.80. The molecule has 53 heavy (non-hydrogen) atoms. The Kier molecular flexibility index (Phi) is 10.5. The van der Waals surface area contributed by atoms with Gasteiger partial charge in [-0.3, -0.25) is 14.3 Å². The number of carbonyl (C=O) groups excluding carboxylic acids is 1. The predicted octanol–water partition coefficient (Wildman–Crippen LogP) is 5.79. The normalized spacial score (nSPS) is 18.6. The maximum atomic E-state index is 13.5. The number of aliphatic hydroxyl groups excluding tert-OH is 1. The molecule has 0 spiro atoms. The molecule has 7 rings (SSSR count). The molecule has 2 aromatic heterocycles. The number of hydrogen-bond donors (Lipinski definition) is 1. The van der Waals surface area contributed by atoms with Crippen LogP contribution in [0, 0.1) is 0 Å². The number of rotatable bonds is 13. The van der Waals surface area contributed by atoms with E-state index >= 15 is 0 Å². The lowest BCUT2D eigenvalue weighted by Crippen LogP contribution is -2.40. The lowest BCUT2D eigenvalue weighted by Gasteiger charge is -2.37. The van der Waals surface area contributed by atoms with Gasteiger partial charge in [-0.25, -0.2) is 15.0 Å². The highest BCUT2D eigenvalue weighted by Gasteiger charge is 2.48. The predicted molar refractivity (Wildman–Crippen MR) is 198 cm³/mol. The van der Waals surface area contributed by atoms with Crippen LogP contribution in [-0.4, -0.2) is 83.3 Å². The minimum absolute atomic E-state index is 0.0213. The summed E-state index contributed by atoms with van der Waals surface area (Å²) in [6.45, 7) is 2.21. The maximum absolute atomic E-state index is 13.5. The molecule has 12 heteroatoms. The van der Waals surface area contributed by atoms with Crippen LogP contribution in [0.5, 0.6) is 11.5 Å². The summed E-state index contributed by atoms with van der Waals surface area (Å²) in [6.07, 6.45) is -0.585. The molecule has 1 N–H and O–H groups in total. The molecular formula is C41H41N5O7. The van der Waals surface area contributed by atoms with Gasteiger partial charge in [0.15, 0.2) is 23.2 Å². The second-order valence-corrected chi connectivity index (χ2v) is 12.5. The first-order valence-corrected chi connectivity index (χ1v) is 17.3. The van der Waals surface area contributed by atoms with Crippen LogP contribution in [0.2, 0.25) is 0 Å². The molecule has 0 bridgehead atoms. The molecule has 3 heterocycles. The van der Waals surface area contributed by atoms with Gasteiger partial charge in [-0.05, 0) is 60.0 Å². The summed E-state index contributed by atoms with van der Waals surface area (Å²) >= 11 is 0. The fourth-order valence-electron chi connectivity index (χ4n) is 6.97. The third kappa shape index (κ3) is 6.62. The highest BCUT2D eigenvalue weighted by Crippen LogP contribution is 2.43. The van der Waals surface area contributed by atoms with Crippen LogP contribution in [0.1, 0.15) is 40.2 Å². The van der Waals surface area contributed by atoms with Crippen molar-refractivity contribution in [3.8, 4) is 11.5 Å². The Morgan fingerprint density at radius 3 is 1.96 bits per heavy atom. The average molecular weight is 716 g/mol. The van der Waals surface area contributed by atoms with Gasteiger partial charge < -0.3 is 28.8 Å². The van der Waals surface area contributed by atoms with E-state index in [0.717, 1.165) is 16.7 Å². The van der Waals surface area contributed by atoms with Gasteiger partial charge in [0.2, 0.25) is 0 Å². The highest BCUT2D eigenvalue weighted by atomic mass is 16.6. The fraction of sp³-hybridized carbons (Fsp3) is 0.268. The molecule has 0 unspecified atom stereocenters. The summed E-state index contributed by atoms with van der Waals surface area (Å²) in [4.78, 5) is 28.7. The van der Waals surface area contributed by atoms with Crippen molar-refractivity contribution in [2.75, 3.05) is 39.4 Å². The minimum atomic E-state index is -1.12. The number of aliphatic hydroxyl groups is 1.